The number of hydrogen-bond donors (Lipinski definition) is 2. The summed E-state index contributed by atoms with van der Waals surface area (Å²) in [6.07, 6.45) is 11.8. The van der Waals surface area contributed by atoms with Crippen LogP contribution in [0.15, 0.2) is 30.3 Å². The second-order valence-electron chi connectivity index (χ2n) is 8.37. The molecule has 0 spiro atoms. The molecule has 0 bridgehead atoms. The first-order valence-corrected chi connectivity index (χ1v) is 12.3. The lowest BCUT2D eigenvalue weighted by Gasteiger charge is -2.34. The van der Waals surface area contributed by atoms with Crippen LogP contribution in [0.25, 0.3) is 12.2 Å². The molecule has 4 nitrogen and oxygen atoms in total. The molecule has 0 radical (unpaired) electrons. The summed E-state index contributed by atoms with van der Waals surface area (Å²) in [5.41, 5.74) is 3.70. The number of unbranched alkanes of at least 4 members (excludes halogenated alkanes) is 1. The maximum Gasteiger partial charge on any atom is 0.133 e. The first-order valence-electron chi connectivity index (χ1n) is 12.3. The van der Waals surface area contributed by atoms with E-state index >= 15 is 0 Å². The van der Waals surface area contributed by atoms with Gasteiger partial charge in [0, 0.05) is 41.8 Å². The molecular weight excluding hydrogens is 380 g/mol. The minimum absolute atomic E-state index is 0.663. The van der Waals surface area contributed by atoms with Crippen molar-refractivity contribution in [1.29, 1.82) is 0 Å². The van der Waals surface area contributed by atoms with Gasteiger partial charge in [0.05, 0.1) is 5.35 Å². The average molecular weight is 421 g/mol. The van der Waals surface area contributed by atoms with Crippen molar-refractivity contribution in [2.45, 2.75) is 72.3 Å². The summed E-state index contributed by atoms with van der Waals surface area (Å²) in [4.78, 5) is 7.48. The highest BCUT2D eigenvalue weighted by Crippen LogP contribution is 2.21. The fourth-order valence-corrected chi connectivity index (χ4v) is 4.29. The zero-order valence-electron chi connectivity index (χ0n) is 19.9. The third-order valence-corrected chi connectivity index (χ3v) is 6.04. The van der Waals surface area contributed by atoms with Gasteiger partial charge in [0.15, 0.2) is 0 Å². The highest BCUT2D eigenvalue weighted by molar-refractivity contribution is 5.64. The van der Waals surface area contributed by atoms with E-state index in [1.165, 1.54) is 42.2 Å². The molecule has 0 saturated carbocycles. The Morgan fingerprint density at radius 1 is 1.03 bits per heavy atom. The van der Waals surface area contributed by atoms with Crippen LogP contribution in [0, 0.1) is 6.92 Å². The molecule has 0 unspecified atom stereocenters. The van der Waals surface area contributed by atoms with Crippen molar-refractivity contribution >= 4 is 29.3 Å². The lowest BCUT2D eigenvalue weighted by molar-refractivity contribution is 0.412. The van der Waals surface area contributed by atoms with Crippen molar-refractivity contribution in [3.63, 3.8) is 0 Å². The second kappa shape index (κ2) is 11.9. The molecule has 4 rings (SSSR count). The van der Waals surface area contributed by atoms with Crippen molar-refractivity contribution in [2.75, 3.05) is 29.9 Å². The van der Waals surface area contributed by atoms with Gasteiger partial charge >= 0.3 is 0 Å². The fourth-order valence-electron chi connectivity index (χ4n) is 4.29. The van der Waals surface area contributed by atoms with Crippen LogP contribution in [0.4, 0.5) is 17.2 Å². The summed E-state index contributed by atoms with van der Waals surface area (Å²) >= 11 is 0. The molecule has 2 aromatic rings. The van der Waals surface area contributed by atoms with Crippen molar-refractivity contribution in [3.8, 4) is 0 Å². The van der Waals surface area contributed by atoms with E-state index < -0.39 is 0 Å². The van der Waals surface area contributed by atoms with E-state index in [9.17, 15) is 0 Å². The molecule has 2 heterocycles. The van der Waals surface area contributed by atoms with E-state index in [-0.39, 0.29) is 0 Å². The summed E-state index contributed by atoms with van der Waals surface area (Å²) < 4.78 is 0. The summed E-state index contributed by atoms with van der Waals surface area (Å²) in [5.74, 6) is 0.942. The molecule has 1 saturated heterocycles. The molecule has 31 heavy (non-hydrogen) atoms. The Balaban J connectivity index is 0.00000132. The predicted octanol–water partition coefficient (Wildman–Crippen LogP) is 4.87. The molecule has 2 N–H and O–H groups in total. The van der Waals surface area contributed by atoms with Gasteiger partial charge in [-0.05, 0) is 57.7 Å². The van der Waals surface area contributed by atoms with E-state index in [1.807, 2.05) is 13.8 Å². The minimum atomic E-state index is 0.663. The Morgan fingerprint density at radius 2 is 1.74 bits per heavy atom. The van der Waals surface area contributed by atoms with E-state index in [0.717, 1.165) is 49.3 Å². The summed E-state index contributed by atoms with van der Waals surface area (Å²) in [6, 6.07) is 11.4. The van der Waals surface area contributed by atoms with E-state index in [1.54, 1.807) is 0 Å². The van der Waals surface area contributed by atoms with Gasteiger partial charge in [0.2, 0.25) is 0 Å². The standard InChI is InChI=1S/C25H34N4.C2H6/c1-3-4-15-26-20-13-16-29(17-14-20)24-18-25(27-21-11-9-19(2)10-12-21)28-23-8-6-5-7-22(23)24;1-2/h7-12,18,20,26H,3-6,13-17H2,1-2H3,(H,27,28);1-2H3. The Bertz CT molecular complexity index is 925. The SMILES string of the molecule is CC.CCCCNC1CCN(c2cc(Nc3ccc(C)cc3)nc3c2=CCCC=3)CC1. The molecule has 0 atom stereocenters. The van der Waals surface area contributed by atoms with Gasteiger partial charge in [-0.2, -0.15) is 0 Å². The normalized spacial score (nSPS) is 15.8. The molecule has 0 amide bonds. The zero-order valence-corrected chi connectivity index (χ0v) is 19.9. The van der Waals surface area contributed by atoms with Crippen LogP contribution in [-0.2, 0) is 0 Å². The number of rotatable bonds is 7. The van der Waals surface area contributed by atoms with Crippen LogP contribution in [0.3, 0.4) is 0 Å². The first kappa shape index (κ1) is 23.3. The van der Waals surface area contributed by atoms with Crippen LogP contribution >= 0.6 is 0 Å². The Labute approximate surface area is 188 Å². The smallest absolute Gasteiger partial charge is 0.133 e. The molecule has 168 valence electrons. The monoisotopic (exact) mass is 420 g/mol. The summed E-state index contributed by atoms with van der Waals surface area (Å²) in [5, 5.41) is 9.71. The molecule has 1 aromatic heterocycles. The number of nitrogens with zero attached hydrogens (tertiary/aromatic N) is 2. The molecule has 1 aromatic carbocycles. The third-order valence-electron chi connectivity index (χ3n) is 6.04. The van der Waals surface area contributed by atoms with Crippen LogP contribution in [0.2, 0.25) is 0 Å². The maximum absolute atomic E-state index is 4.91. The molecular formula is C27H40N4. The highest BCUT2D eigenvalue weighted by atomic mass is 15.2. The van der Waals surface area contributed by atoms with Crippen molar-refractivity contribution in [1.82, 2.24) is 10.3 Å². The quantitative estimate of drug-likeness (QED) is 0.627. The first-order chi connectivity index (χ1) is 15.2. The van der Waals surface area contributed by atoms with Gasteiger partial charge in [-0.15, -0.1) is 0 Å². The molecule has 1 aliphatic carbocycles. The topological polar surface area (TPSA) is 40.2 Å². The third kappa shape index (κ3) is 6.33. The maximum atomic E-state index is 4.91. The number of piperidine rings is 1. The Hall–Kier alpha value is -2.33. The van der Waals surface area contributed by atoms with Crippen LogP contribution < -0.4 is 26.1 Å². The lowest BCUT2D eigenvalue weighted by Crippen LogP contribution is -2.46. The average Bonchev–Trinajstić information content (AvgIpc) is 2.82. The summed E-state index contributed by atoms with van der Waals surface area (Å²) in [6.45, 7) is 11.7. The van der Waals surface area contributed by atoms with Gasteiger partial charge in [-0.25, -0.2) is 4.98 Å². The van der Waals surface area contributed by atoms with Crippen LogP contribution in [0.1, 0.15) is 64.9 Å². The summed E-state index contributed by atoms with van der Waals surface area (Å²) in [7, 11) is 0. The van der Waals surface area contributed by atoms with E-state index in [0.29, 0.717) is 6.04 Å². The van der Waals surface area contributed by atoms with Gasteiger partial charge in [-0.3, -0.25) is 0 Å². The fraction of sp³-hybridized carbons (Fsp3) is 0.519. The molecule has 2 aliphatic rings. The van der Waals surface area contributed by atoms with Crippen LogP contribution in [0.5, 0.6) is 0 Å². The molecule has 1 fully saturated rings. The number of hydrogen-bond acceptors (Lipinski definition) is 4. The minimum Gasteiger partial charge on any atom is -0.371 e. The number of anilines is 3. The zero-order chi connectivity index (χ0) is 22.1. The largest absolute Gasteiger partial charge is 0.371 e. The molecule has 1 aliphatic heterocycles. The lowest BCUT2D eigenvalue weighted by atomic mass is 10.0. The number of aromatic nitrogens is 1. The Kier molecular flexibility index (Phi) is 8.96. The highest BCUT2D eigenvalue weighted by Gasteiger charge is 2.20. The van der Waals surface area contributed by atoms with Crippen molar-refractivity contribution in [3.05, 3.63) is 46.5 Å². The number of nitrogens with one attached hydrogen (secondary N) is 2. The van der Waals surface area contributed by atoms with Gasteiger partial charge in [0.1, 0.15) is 5.82 Å². The number of aryl methyl sites for hydroxylation is 1. The van der Waals surface area contributed by atoms with E-state index in [2.05, 4.69) is 71.9 Å². The number of fused-ring (bicyclic) bond motifs is 1. The number of pyridine rings is 1. The van der Waals surface area contributed by atoms with E-state index in [4.69, 9.17) is 4.98 Å². The van der Waals surface area contributed by atoms with Crippen molar-refractivity contribution in [2.24, 2.45) is 0 Å². The molecule has 4 heteroatoms. The van der Waals surface area contributed by atoms with Crippen molar-refractivity contribution < 1.29 is 0 Å². The second-order valence-corrected chi connectivity index (χ2v) is 8.37. The van der Waals surface area contributed by atoms with Crippen LogP contribution in [-0.4, -0.2) is 30.7 Å². The predicted molar refractivity (Wildman–Crippen MR) is 136 cm³/mol. The van der Waals surface area contributed by atoms with Gasteiger partial charge < -0.3 is 15.5 Å². The number of benzene rings is 1. The Morgan fingerprint density at radius 3 is 2.45 bits per heavy atom. The van der Waals surface area contributed by atoms with Gasteiger partial charge in [0.25, 0.3) is 0 Å². The van der Waals surface area contributed by atoms with Gasteiger partial charge in [-0.1, -0.05) is 57.0 Å².